The first-order valence-electron chi connectivity index (χ1n) is 7.43. The van der Waals surface area contributed by atoms with E-state index in [1.54, 1.807) is 0 Å². The Labute approximate surface area is 135 Å². The molecule has 1 N–H and O–H groups in total. The van der Waals surface area contributed by atoms with Gasteiger partial charge in [0.1, 0.15) is 11.4 Å². The van der Waals surface area contributed by atoms with Crippen molar-refractivity contribution in [3.05, 3.63) is 29.6 Å². The van der Waals surface area contributed by atoms with Crippen LogP contribution in [0.15, 0.2) is 23.1 Å². The summed E-state index contributed by atoms with van der Waals surface area (Å²) in [6.07, 6.45) is 1.45. The Morgan fingerprint density at radius 3 is 2.61 bits per heavy atom. The van der Waals surface area contributed by atoms with E-state index in [0.717, 1.165) is 32.6 Å². The van der Waals surface area contributed by atoms with E-state index in [-0.39, 0.29) is 4.90 Å². The minimum absolute atomic E-state index is 0.337. The highest BCUT2D eigenvalue weighted by atomic mass is 32.2. The quantitative estimate of drug-likeness (QED) is 0.813. The minimum atomic E-state index is -3.94. The molecule has 0 bridgehead atoms. The van der Waals surface area contributed by atoms with Gasteiger partial charge in [-0.2, -0.15) is 4.31 Å². The van der Waals surface area contributed by atoms with Crippen molar-refractivity contribution in [2.75, 3.05) is 33.8 Å². The highest BCUT2D eigenvalue weighted by Gasteiger charge is 2.33. The van der Waals surface area contributed by atoms with Crippen LogP contribution in [-0.4, -0.2) is 52.5 Å². The molecule has 0 radical (unpaired) electrons. The molecule has 8 heteroatoms. The maximum Gasteiger partial charge on any atom is 0.342 e. The molecule has 0 unspecified atom stereocenters. The fraction of sp³-hybridized carbons (Fsp3) is 0.533. The number of carbonyl (C=O) groups excluding carboxylic acids is 1. The number of carbonyl (C=O) groups is 1. The molecular weight excluding hydrogens is 323 g/mol. The fourth-order valence-corrected chi connectivity index (χ4v) is 4.46. The number of nitrogens with one attached hydrogen (secondary N) is 1. The van der Waals surface area contributed by atoms with Crippen molar-refractivity contribution < 1.29 is 22.3 Å². The summed E-state index contributed by atoms with van der Waals surface area (Å²) in [5.41, 5.74) is -0.535. The lowest BCUT2D eigenvalue weighted by Crippen LogP contribution is -2.40. The second kappa shape index (κ2) is 7.37. The van der Waals surface area contributed by atoms with Gasteiger partial charge in [0, 0.05) is 13.1 Å². The zero-order chi connectivity index (χ0) is 17.0. The first kappa shape index (κ1) is 17.8. The van der Waals surface area contributed by atoms with E-state index in [4.69, 9.17) is 0 Å². The monoisotopic (exact) mass is 344 g/mol. The van der Waals surface area contributed by atoms with Gasteiger partial charge in [0.2, 0.25) is 10.0 Å². The van der Waals surface area contributed by atoms with Crippen molar-refractivity contribution in [2.24, 2.45) is 5.92 Å². The molecule has 1 aromatic carbocycles. The molecule has 23 heavy (non-hydrogen) atoms. The van der Waals surface area contributed by atoms with Crippen LogP contribution in [0.2, 0.25) is 0 Å². The van der Waals surface area contributed by atoms with E-state index in [9.17, 15) is 17.6 Å². The van der Waals surface area contributed by atoms with Crippen LogP contribution in [0.4, 0.5) is 4.39 Å². The summed E-state index contributed by atoms with van der Waals surface area (Å²) < 4.78 is 45.3. The number of hydrogen-bond acceptors (Lipinski definition) is 5. The van der Waals surface area contributed by atoms with Crippen molar-refractivity contribution >= 4 is 16.0 Å². The molecule has 0 aromatic heterocycles. The molecule has 6 nitrogen and oxygen atoms in total. The van der Waals surface area contributed by atoms with Gasteiger partial charge in [-0.1, -0.05) is 6.07 Å². The number of halogens is 1. The van der Waals surface area contributed by atoms with Crippen LogP contribution < -0.4 is 5.32 Å². The van der Waals surface area contributed by atoms with Crippen LogP contribution >= 0.6 is 0 Å². The molecule has 2 rings (SSSR count). The summed E-state index contributed by atoms with van der Waals surface area (Å²) in [6.45, 7) is 1.54. The summed E-state index contributed by atoms with van der Waals surface area (Å²) in [4.78, 5) is 11.4. The number of piperidine rings is 1. The summed E-state index contributed by atoms with van der Waals surface area (Å²) in [7, 11) is -0.985. The zero-order valence-corrected chi connectivity index (χ0v) is 14.0. The van der Waals surface area contributed by atoms with Crippen molar-refractivity contribution in [1.29, 1.82) is 0 Å². The molecule has 0 aliphatic carbocycles. The largest absolute Gasteiger partial charge is 0.465 e. The van der Waals surface area contributed by atoms with Crippen molar-refractivity contribution in [3.8, 4) is 0 Å². The molecule has 0 amide bonds. The average Bonchev–Trinajstić information content (AvgIpc) is 2.54. The Bertz CT molecular complexity index is 670. The standard InChI is InChI=1S/C15H21FN2O4S/c1-17-10-11-6-8-18(9-7-11)23(20,21)13-5-3-4-12(16)14(13)15(19)22-2/h3-5,11,17H,6-10H2,1-2H3. The lowest BCUT2D eigenvalue weighted by Gasteiger charge is -2.31. The number of benzene rings is 1. The van der Waals surface area contributed by atoms with Gasteiger partial charge in [0.15, 0.2) is 0 Å². The Balaban J connectivity index is 2.31. The first-order valence-corrected chi connectivity index (χ1v) is 8.87. The number of ether oxygens (including phenoxy) is 1. The molecule has 0 saturated carbocycles. The third kappa shape index (κ3) is 3.70. The smallest absolute Gasteiger partial charge is 0.342 e. The Hall–Kier alpha value is -1.51. The van der Waals surface area contributed by atoms with E-state index >= 15 is 0 Å². The normalized spacial score (nSPS) is 17.2. The van der Waals surface area contributed by atoms with Crippen LogP contribution in [0.3, 0.4) is 0 Å². The number of nitrogens with zero attached hydrogens (tertiary/aromatic N) is 1. The van der Waals surface area contributed by atoms with E-state index in [2.05, 4.69) is 10.1 Å². The molecule has 0 spiro atoms. The second-order valence-electron chi connectivity index (χ2n) is 5.51. The molecule has 1 aromatic rings. The van der Waals surface area contributed by atoms with E-state index in [1.807, 2.05) is 7.05 Å². The van der Waals surface area contributed by atoms with E-state index < -0.39 is 27.4 Å². The van der Waals surface area contributed by atoms with Gasteiger partial charge >= 0.3 is 5.97 Å². The number of sulfonamides is 1. The molecule has 1 saturated heterocycles. The summed E-state index contributed by atoms with van der Waals surface area (Å²) >= 11 is 0. The van der Waals surface area contributed by atoms with E-state index in [1.165, 1.54) is 16.4 Å². The van der Waals surface area contributed by atoms with Crippen molar-refractivity contribution in [3.63, 3.8) is 0 Å². The third-order valence-corrected chi connectivity index (χ3v) is 5.99. The number of rotatable bonds is 5. The lowest BCUT2D eigenvalue weighted by molar-refractivity contribution is 0.0590. The van der Waals surface area contributed by atoms with Gasteiger partial charge in [-0.05, 0) is 44.5 Å². The lowest BCUT2D eigenvalue weighted by atomic mass is 9.98. The highest BCUT2D eigenvalue weighted by molar-refractivity contribution is 7.89. The van der Waals surface area contributed by atoms with E-state index in [0.29, 0.717) is 19.0 Å². The molecule has 1 fully saturated rings. The van der Waals surface area contributed by atoms with Gasteiger partial charge in [-0.25, -0.2) is 17.6 Å². The van der Waals surface area contributed by atoms with Gasteiger partial charge < -0.3 is 10.1 Å². The Morgan fingerprint density at radius 2 is 2.04 bits per heavy atom. The van der Waals surface area contributed by atoms with Gasteiger partial charge in [-0.15, -0.1) is 0 Å². The summed E-state index contributed by atoms with van der Waals surface area (Å²) in [5.74, 6) is -1.48. The molecular formula is C15H21FN2O4S. The van der Waals surface area contributed by atoms with Crippen LogP contribution in [0.5, 0.6) is 0 Å². The zero-order valence-electron chi connectivity index (χ0n) is 13.2. The molecule has 0 atom stereocenters. The molecule has 1 heterocycles. The predicted octanol–water partition coefficient (Wildman–Crippen LogP) is 1.23. The maximum atomic E-state index is 14.0. The second-order valence-corrected chi connectivity index (χ2v) is 7.42. The third-order valence-electron chi connectivity index (χ3n) is 4.05. The maximum absolute atomic E-state index is 14.0. The Morgan fingerprint density at radius 1 is 1.39 bits per heavy atom. The number of methoxy groups -OCH3 is 1. The molecule has 1 aliphatic heterocycles. The van der Waals surface area contributed by atoms with Crippen molar-refractivity contribution in [1.82, 2.24) is 9.62 Å². The van der Waals surface area contributed by atoms with Gasteiger partial charge in [0.05, 0.1) is 12.0 Å². The van der Waals surface area contributed by atoms with Crippen LogP contribution in [0.1, 0.15) is 23.2 Å². The Kier molecular flexibility index (Phi) is 5.72. The van der Waals surface area contributed by atoms with Crippen LogP contribution in [-0.2, 0) is 14.8 Å². The van der Waals surface area contributed by atoms with Crippen LogP contribution in [0.25, 0.3) is 0 Å². The van der Waals surface area contributed by atoms with Crippen LogP contribution in [0, 0.1) is 11.7 Å². The number of esters is 1. The highest BCUT2D eigenvalue weighted by Crippen LogP contribution is 2.27. The fourth-order valence-electron chi connectivity index (χ4n) is 2.80. The number of hydrogen-bond donors (Lipinski definition) is 1. The van der Waals surface area contributed by atoms with Gasteiger partial charge in [-0.3, -0.25) is 0 Å². The first-order chi connectivity index (χ1) is 10.9. The summed E-state index contributed by atoms with van der Waals surface area (Å²) in [5, 5.41) is 3.08. The molecule has 1 aliphatic rings. The van der Waals surface area contributed by atoms with Crippen molar-refractivity contribution in [2.45, 2.75) is 17.7 Å². The predicted molar refractivity (Wildman–Crippen MR) is 83.1 cm³/mol. The minimum Gasteiger partial charge on any atom is -0.465 e. The van der Waals surface area contributed by atoms with Gasteiger partial charge in [0.25, 0.3) is 0 Å². The molecule has 128 valence electrons. The SMILES string of the molecule is CNCC1CCN(S(=O)(=O)c2cccc(F)c2C(=O)OC)CC1. The average molecular weight is 344 g/mol. The topological polar surface area (TPSA) is 75.7 Å². The summed E-state index contributed by atoms with van der Waals surface area (Å²) in [6, 6.07) is 3.57.